The van der Waals surface area contributed by atoms with Crippen molar-refractivity contribution in [1.82, 2.24) is 4.90 Å². The molecule has 0 saturated heterocycles. The van der Waals surface area contributed by atoms with Gasteiger partial charge in [-0.05, 0) is 62.9 Å². The van der Waals surface area contributed by atoms with Gasteiger partial charge in [-0.25, -0.2) is 4.39 Å². The van der Waals surface area contributed by atoms with Crippen LogP contribution in [0.3, 0.4) is 0 Å². The SMILES string of the molecule is Cc1ccc(C(N)CCN(C)CC2CCCCC2)cc1F. The van der Waals surface area contributed by atoms with E-state index in [1.807, 2.05) is 12.1 Å². The van der Waals surface area contributed by atoms with Gasteiger partial charge >= 0.3 is 0 Å². The summed E-state index contributed by atoms with van der Waals surface area (Å²) in [4.78, 5) is 2.39. The molecule has 3 heteroatoms. The van der Waals surface area contributed by atoms with Crippen LogP contribution in [0.25, 0.3) is 0 Å². The number of nitrogens with zero attached hydrogens (tertiary/aromatic N) is 1. The van der Waals surface area contributed by atoms with Crippen molar-refractivity contribution in [2.45, 2.75) is 51.5 Å². The predicted octanol–water partition coefficient (Wildman–Crippen LogP) is 4.04. The number of hydrogen-bond donors (Lipinski definition) is 1. The van der Waals surface area contributed by atoms with E-state index in [0.717, 1.165) is 24.4 Å². The molecule has 2 N–H and O–H groups in total. The van der Waals surface area contributed by atoms with E-state index in [0.29, 0.717) is 5.56 Å². The molecule has 0 aliphatic heterocycles. The van der Waals surface area contributed by atoms with Crippen LogP contribution in [-0.4, -0.2) is 25.0 Å². The first kappa shape index (κ1) is 16.4. The largest absolute Gasteiger partial charge is 0.324 e. The van der Waals surface area contributed by atoms with Crippen molar-refractivity contribution in [2.75, 3.05) is 20.1 Å². The molecular weight excluding hydrogens is 263 g/mol. The summed E-state index contributed by atoms with van der Waals surface area (Å²) in [6, 6.07) is 5.27. The second-order valence-electron chi connectivity index (χ2n) is 6.67. The topological polar surface area (TPSA) is 29.3 Å². The van der Waals surface area contributed by atoms with Gasteiger partial charge in [-0.15, -0.1) is 0 Å². The lowest BCUT2D eigenvalue weighted by molar-refractivity contribution is 0.228. The third-order valence-corrected chi connectivity index (χ3v) is 4.74. The minimum absolute atomic E-state index is 0.0751. The van der Waals surface area contributed by atoms with Gasteiger partial charge in [-0.3, -0.25) is 0 Å². The lowest BCUT2D eigenvalue weighted by Gasteiger charge is -2.27. The minimum Gasteiger partial charge on any atom is -0.324 e. The van der Waals surface area contributed by atoms with Gasteiger partial charge in [-0.1, -0.05) is 31.4 Å². The average Bonchev–Trinajstić information content (AvgIpc) is 2.48. The summed E-state index contributed by atoms with van der Waals surface area (Å²) >= 11 is 0. The zero-order valence-corrected chi connectivity index (χ0v) is 13.4. The lowest BCUT2D eigenvalue weighted by atomic mass is 9.89. The number of halogens is 1. The Morgan fingerprint density at radius 1 is 1.29 bits per heavy atom. The van der Waals surface area contributed by atoms with Gasteiger partial charge in [-0.2, -0.15) is 0 Å². The summed E-state index contributed by atoms with van der Waals surface area (Å²) < 4.78 is 13.6. The maximum atomic E-state index is 13.6. The molecule has 0 bridgehead atoms. The van der Waals surface area contributed by atoms with Crippen LogP contribution in [0.15, 0.2) is 18.2 Å². The molecule has 0 aromatic heterocycles. The van der Waals surface area contributed by atoms with Gasteiger partial charge < -0.3 is 10.6 Å². The molecule has 1 atom stereocenters. The maximum Gasteiger partial charge on any atom is 0.126 e. The van der Waals surface area contributed by atoms with E-state index in [1.165, 1.54) is 38.6 Å². The zero-order valence-electron chi connectivity index (χ0n) is 13.4. The molecule has 2 nitrogen and oxygen atoms in total. The third-order valence-electron chi connectivity index (χ3n) is 4.74. The van der Waals surface area contributed by atoms with Crippen LogP contribution in [-0.2, 0) is 0 Å². The van der Waals surface area contributed by atoms with Crippen LogP contribution in [0.1, 0.15) is 55.7 Å². The summed E-state index contributed by atoms with van der Waals surface area (Å²) in [6.45, 7) is 3.94. The number of nitrogens with two attached hydrogens (primary N) is 1. The monoisotopic (exact) mass is 292 g/mol. The first-order valence-electron chi connectivity index (χ1n) is 8.26. The van der Waals surface area contributed by atoms with Crippen molar-refractivity contribution in [2.24, 2.45) is 11.7 Å². The normalized spacial score (nSPS) is 18.1. The van der Waals surface area contributed by atoms with Gasteiger partial charge in [0.25, 0.3) is 0 Å². The van der Waals surface area contributed by atoms with Crippen LogP contribution < -0.4 is 5.73 Å². The van der Waals surface area contributed by atoms with Crippen LogP contribution in [0.2, 0.25) is 0 Å². The molecule has 1 unspecified atom stereocenters. The van der Waals surface area contributed by atoms with Crippen molar-refractivity contribution in [3.8, 4) is 0 Å². The highest BCUT2D eigenvalue weighted by molar-refractivity contribution is 5.25. The Bertz CT molecular complexity index is 441. The van der Waals surface area contributed by atoms with E-state index in [1.54, 1.807) is 13.0 Å². The molecule has 21 heavy (non-hydrogen) atoms. The molecule has 2 rings (SSSR count). The van der Waals surface area contributed by atoms with E-state index in [-0.39, 0.29) is 11.9 Å². The Kier molecular flexibility index (Phi) is 6.19. The molecule has 1 aromatic carbocycles. The molecule has 1 aliphatic carbocycles. The number of benzene rings is 1. The van der Waals surface area contributed by atoms with Gasteiger partial charge in [0.05, 0.1) is 0 Å². The molecule has 0 radical (unpaired) electrons. The van der Waals surface area contributed by atoms with Crippen LogP contribution in [0.5, 0.6) is 0 Å². The van der Waals surface area contributed by atoms with Gasteiger partial charge in [0.15, 0.2) is 0 Å². The standard InChI is InChI=1S/C18H29FN2/c1-14-8-9-16(12-17(14)19)18(20)10-11-21(2)13-15-6-4-3-5-7-15/h8-9,12,15,18H,3-7,10-11,13,20H2,1-2H3. The van der Waals surface area contributed by atoms with Crippen LogP contribution >= 0.6 is 0 Å². The quantitative estimate of drug-likeness (QED) is 0.857. The summed E-state index contributed by atoms with van der Waals surface area (Å²) in [5.41, 5.74) is 7.79. The Morgan fingerprint density at radius 2 is 2.00 bits per heavy atom. The van der Waals surface area contributed by atoms with Crippen molar-refractivity contribution in [3.05, 3.63) is 35.1 Å². The van der Waals surface area contributed by atoms with E-state index >= 15 is 0 Å². The molecule has 1 aromatic rings. The van der Waals surface area contributed by atoms with E-state index in [4.69, 9.17) is 5.73 Å². The summed E-state index contributed by atoms with van der Waals surface area (Å²) in [6.07, 6.45) is 7.82. The fourth-order valence-electron chi connectivity index (χ4n) is 3.27. The predicted molar refractivity (Wildman–Crippen MR) is 86.8 cm³/mol. The maximum absolute atomic E-state index is 13.6. The highest BCUT2D eigenvalue weighted by Crippen LogP contribution is 2.24. The van der Waals surface area contributed by atoms with E-state index in [9.17, 15) is 4.39 Å². The van der Waals surface area contributed by atoms with Crippen molar-refractivity contribution < 1.29 is 4.39 Å². The Labute approximate surface area is 128 Å². The number of rotatable bonds is 6. The smallest absolute Gasteiger partial charge is 0.126 e. The van der Waals surface area contributed by atoms with Crippen molar-refractivity contribution in [1.29, 1.82) is 0 Å². The van der Waals surface area contributed by atoms with E-state index < -0.39 is 0 Å². The molecule has 0 spiro atoms. The molecule has 0 amide bonds. The Morgan fingerprint density at radius 3 is 2.67 bits per heavy atom. The molecule has 0 heterocycles. The summed E-state index contributed by atoms with van der Waals surface area (Å²) in [7, 11) is 2.18. The highest BCUT2D eigenvalue weighted by Gasteiger charge is 2.16. The second kappa shape index (κ2) is 7.90. The highest BCUT2D eigenvalue weighted by atomic mass is 19.1. The van der Waals surface area contributed by atoms with Gasteiger partial charge in [0.1, 0.15) is 5.82 Å². The molecule has 1 fully saturated rings. The second-order valence-corrected chi connectivity index (χ2v) is 6.67. The Hall–Kier alpha value is -0.930. The van der Waals surface area contributed by atoms with Crippen LogP contribution in [0.4, 0.5) is 4.39 Å². The lowest BCUT2D eigenvalue weighted by Crippen LogP contribution is -2.29. The molecule has 1 saturated carbocycles. The summed E-state index contributed by atoms with van der Waals surface area (Å²) in [5, 5.41) is 0. The first-order valence-corrected chi connectivity index (χ1v) is 8.26. The molecular formula is C18H29FN2. The molecule has 118 valence electrons. The zero-order chi connectivity index (χ0) is 15.2. The van der Waals surface area contributed by atoms with Crippen molar-refractivity contribution >= 4 is 0 Å². The number of hydrogen-bond acceptors (Lipinski definition) is 2. The van der Waals surface area contributed by atoms with Crippen LogP contribution in [0, 0.1) is 18.7 Å². The minimum atomic E-state index is -0.154. The average molecular weight is 292 g/mol. The van der Waals surface area contributed by atoms with Gasteiger partial charge in [0.2, 0.25) is 0 Å². The summed E-state index contributed by atoms with van der Waals surface area (Å²) in [5.74, 6) is 0.704. The van der Waals surface area contributed by atoms with E-state index in [2.05, 4.69) is 11.9 Å². The van der Waals surface area contributed by atoms with Crippen molar-refractivity contribution in [3.63, 3.8) is 0 Å². The first-order chi connectivity index (χ1) is 10.1. The number of aryl methyl sites for hydroxylation is 1. The molecule has 1 aliphatic rings. The van der Waals surface area contributed by atoms with Gasteiger partial charge in [0, 0.05) is 12.6 Å². The fraction of sp³-hybridized carbons (Fsp3) is 0.667. The fourth-order valence-corrected chi connectivity index (χ4v) is 3.27. The third kappa shape index (κ3) is 5.08. The Balaban J connectivity index is 1.77.